The van der Waals surface area contributed by atoms with Gasteiger partial charge in [0.05, 0.1) is 13.2 Å². The van der Waals surface area contributed by atoms with E-state index >= 15 is 0 Å². The van der Waals surface area contributed by atoms with Gasteiger partial charge in [-0.05, 0) is 0 Å². The van der Waals surface area contributed by atoms with Crippen LogP contribution in [-0.4, -0.2) is 31.4 Å². The zero-order valence-electron chi connectivity index (χ0n) is 4.96. The molecular weight excluding hydrogens is 120 g/mol. The van der Waals surface area contributed by atoms with Gasteiger partial charge in [0.1, 0.15) is 12.1 Å². The number of aliphatic imine (C=N–C) groups is 1. The Morgan fingerprint density at radius 3 is 2.44 bits per heavy atom. The van der Waals surface area contributed by atoms with E-state index in [9.17, 15) is 0 Å². The summed E-state index contributed by atoms with van der Waals surface area (Å²) in [4.78, 5) is 4.07. The van der Waals surface area contributed by atoms with Crippen molar-refractivity contribution in [2.75, 3.05) is 19.8 Å². The zero-order valence-corrected chi connectivity index (χ0v) is 4.96. The van der Waals surface area contributed by atoms with Gasteiger partial charge < -0.3 is 15.2 Å². The molecule has 0 aromatic carbocycles. The third-order valence-corrected chi connectivity index (χ3v) is 1.58. The van der Waals surface area contributed by atoms with E-state index in [-0.39, 0.29) is 5.54 Å². The Morgan fingerprint density at radius 2 is 2.22 bits per heavy atom. The summed E-state index contributed by atoms with van der Waals surface area (Å²) in [5, 5.41) is 0. The van der Waals surface area contributed by atoms with Crippen LogP contribution in [0.2, 0.25) is 0 Å². The molecule has 0 saturated carbocycles. The zero-order chi connectivity index (χ0) is 6.32. The third-order valence-electron chi connectivity index (χ3n) is 1.58. The molecule has 0 bridgehead atoms. The predicted molar refractivity (Wildman–Crippen MR) is 31.1 cm³/mol. The van der Waals surface area contributed by atoms with Crippen molar-refractivity contribution in [3.05, 3.63) is 0 Å². The van der Waals surface area contributed by atoms with Gasteiger partial charge in [0.15, 0.2) is 0 Å². The van der Waals surface area contributed by atoms with Gasteiger partial charge in [-0.15, -0.1) is 0 Å². The maximum absolute atomic E-state index is 5.29. The lowest BCUT2D eigenvalue weighted by molar-refractivity contribution is -0.0608. The molecule has 2 rings (SSSR count). The molecule has 0 amide bonds. The van der Waals surface area contributed by atoms with Gasteiger partial charge in [0.2, 0.25) is 0 Å². The minimum Gasteiger partial charge on any atom is -0.463 e. The second kappa shape index (κ2) is 1.39. The van der Waals surface area contributed by atoms with Crippen molar-refractivity contribution in [1.82, 2.24) is 0 Å². The highest BCUT2D eigenvalue weighted by Gasteiger charge is 2.43. The van der Waals surface area contributed by atoms with E-state index in [1.165, 1.54) is 0 Å². The molecule has 2 heterocycles. The van der Waals surface area contributed by atoms with Crippen molar-refractivity contribution in [2.24, 2.45) is 10.7 Å². The summed E-state index contributed by atoms with van der Waals surface area (Å²) in [6, 6.07) is 0.304. The molecule has 1 spiro atoms. The summed E-state index contributed by atoms with van der Waals surface area (Å²) in [6.07, 6.45) is 0. The van der Waals surface area contributed by atoms with Gasteiger partial charge in [-0.1, -0.05) is 0 Å². The van der Waals surface area contributed by atoms with Gasteiger partial charge in [-0.3, -0.25) is 0 Å². The summed E-state index contributed by atoms with van der Waals surface area (Å²) in [6.45, 7) is 1.92. The standard InChI is InChI=1S/C5H8N2O2/c6-4-7-5(3-9-4)1-8-2-5/h1-3H2,(H2,6,7). The van der Waals surface area contributed by atoms with Crippen LogP contribution in [0.1, 0.15) is 0 Å². The number of nitrogens with zero attached hydrogens (tertiary/aromatic N) is 1. The lowest BCUT2D eigenvalue weighted by Crippen LogP contribution is -2.49. The van der Waals surface area contributed by atoms with Crippen LogP contribution in [0.5, 0.6) is 0 Å². The summed E-state index contributed by atoms with van der Waals surface area (Å²) in [5.74, 6) is 0. The fourth-order valence-corrected chi connectivity index (χ4v) is 0.992. The molecular formula is C5H8N2O2. The Labute approximate surface area is 52.6 Å². The first-order valence-electron chi connectivity index (χ1n) is 2.87. The largest absolute Gasteiger partial charge is 0.463 e. The first-order valence-corrected chi connectivity index (χ1v) is 2.87. The lowest BCUT2D eigenvalue weighted by atomic mass is 10.0. The molecule has 2 N–H and O–H groups in total. The van der Waals surface area contributed by atoms with Crippen LogP contribution in [0, 0.1) is 0 Å². The molecule has 1 fully saturated rings. The Bertz CT molecular complexity index is 162. The van der Waals surface area contributed by atoms with Gasteiger partial charge in [-0.2, -0.15) is 0 Å². The molecule has 0 aromatic heterocycles. The number of amidine groups is 1. The Hall–Kier alpha value is -0.770. The molecule has 1 saturated heterocycles. The van der Waals surface area contributed by atoms with E-state index in [1.807, 2.05) is 0 Å². The molecule has 0 aromatic rings. The van der Waals surface area contributed by atoms with Crippen LogP contribution in [0.15, 0.2) is 4.99 Å². The summed E-state index contributed by atoms with van der Waals surface area (Å²) in [7, 11) is 0. The molecule has 2 aliphatic rings. The van der Waals surface area contributed by atoms with Crippen molar-refractivity contribution in [1.29, 1.82) is 0 Å². The molecule has 4 heteroatoms. The smallest absolute Gasteiger partial charge is 0.282 e. The molecule has 0 radical (unpaired) electrons. The number of hydrogen-bond acceptors (Lipinski definition) is 4. The van der Waals surface area contributed by atoms with Gasteiger partial charge in [0.25, 0.3) is 6.02 Å². The van der Waals surface area contributed by atoms with Gasteiger partial charge in [-0.25, -0.2) is 4.99 Å². The molecule has 0 aliphatic carbocycles. The van der Waals surface area contributed by atoms with Crippen LogP contribution < -0.4 is 5.73 Å². The van der Waals surface area contributed by atoms with E-state index < -0.39 is 0 Å². The van der Waals surface area contributed by atoms with E-state index in [1.54, 1.807) is 0 Å². The second-order valence-electron chi connectivity index (χ2n) is 2.46. The summed E-state index contributed by atoms with van der Waals surface area (Å²) in [5.41, 5.74) is 5.20. The molecule has 0 unspecified atom stereocenters. The van der Waals surface area contributed by atoms with Crippen molar-refractivity contribution in [2.45, 2.75) is 5.54 Å². The third kappa shape index (κ3) is 0.595. The minimum absolute atomic E-state index is 0.0932. The van der Waals surface area contributed by atoms with Crippen LogP contribution >= 0.6 is 0 Å². The number of ether oxygens (including phenoxy) is 2. The highest BCUT2D eigenvalue weighted by Crippen LogP contribution is 2.25. The van der Waals surface area contributed by atoms with Crippen molar-refractivity contribution < 1.29 is 9.47 Å². The maximum Gasteiger partial charge on any atom is 0.282 e. The van der Waals surface area contributed by atoms with Gasteiger partial charge >= 0.3 is 0 Å². The molecule has 2 aliphatic heterocycles. The van der Waals surface area contributed by atoms with E-state index in [4.69, 9.17) is 15.2 Å². The minimum atomic E-state index is -0.0932. The monoisotopic (exact) mass is 128 g/mol. The van der Waals surface area contributed by atoms with Crippen LogP contribution in [0.3, 0.4) is 0 Å². The number of nitrogens with two attached hydrogens (primary N) is 1. The highest BCUT2D eigenvalue weighted by atomic mass is 16.5. The van der Waals surface area contributed by atoms with E-state index in [0.717, 1.165) is 0 Å². The van der Waals surface area contributed by atoms with E-state index in [2.05, 4.69) is 4.99 Å². The lowest BCUT2D eigenvalue weighted by Gasteiger charge is -2.32. The molecule has 50 valence electrons. The average molecular weight is 128 g/mol. The second-order valence-corrected chi connectivity index (χ2v) is 2.46. The first kappa shape index (κ1) is 5.05. The summed E-state index contributed by atoms with van der Waals surface area (Å²) < 4.78 is 9.92. The number of hydrogen-bond donors (Lipinski definition) is 1. The Morgan fingerprint density at radius 1 is 1.44 bits per heavy atom. The first-order chi connectivity index (χ1) is 4.31. The van der Waals surface area contributed by atoms with E-state index in [0.29, 0.717) is 25.8 Å². The van der Waals surface area contributed by atoms with Crippen LogP contribution in [-0.2, 0) is 9.47 Å². The molecule has 9 heavy (non-hydrogen) atoms. The fraction of sp³-hybridized carbons (Fsp3) is 0.800. The Balaban J connectivity index is 2.15. The normalized spacial score (nSPS) is 29.1. The Kier molecular flexibility index (Phi) is 0.778. The summed E-state index contributed by atoms with van der Waals surface area (Å²) >= 11 is 0. The quantitative estimate of drug-likeness (QED) is 0.460. The molecule has 4 nitrogen and oxygen atoms in total. The molecule has 0 atom stereocenters. The van der Waals surface area contributed by atoms with Crippen molar-refractivity contribution in [3.63, 3.8) is 0 Å². The maximum atomic E-state index is 5.29. The fourth-order valence-electron chi connectivity index (χ4n) is 0.992. The van der Waals surface area contributed by atoms with Crippen molar-refractivity contribution in [3.8, 4) is 0 Å². The van der Waals surface area contributed by atoms with Crippen LogP contribution in [0.25, 0.3) is 0 Å². The topological polar surface area (TPSA) is 56.8 Å². The number of rotatable bonds is 0. The highest BCUT2D eigenvalue weighted by molar-refractivity contribution is 5.73. The van der Waals surface area contributed by atoms with Gasteiger partial charge in [0, 0.05) is 0 Å². The van der Waals surface area contributed by atoms with Crippen molar-refractivity contribution >= 4 is 6.02 Å². The van der Waals surface area contributed by atoms with Crippen LogP contribution in [0.4, 0.5) is 0 Å². The predicted octanol–water partition coefficient (Wildman–Crippen LogP) is -0.900. The SMILES string of the molecule is NC1=NC2(COC2)CO1. The average Bonchev–Trinajstić information content (AvgIpc) is 2.09.